The highest BCUT2D eigenvalue weighted by Crippen LogP contribution is 2.40. The summed E-state index contributed by atoms with van der Waals surface area (Å²) in [6, 6.07) is 5.37. The summed E-state index contributed by atoms with van der Waals surface area (Å²) in [4.78, 5) is 47.5. The summed E-state index contributed by atoms with van der Waals surface area (Å²) in [7, 11) is 2.50. The second-order valence-electron chi connectivity index (χ2n) is 11.0. The molecule has 2 atom stereocenters. The number of methoxy groups -OCH3 is 2. The third-order valence-electron chi connectivity index (χ3n) is 8.48. The molecule has 11 nitrogen and oxygen atoms in total. The van der Waals surface area contributed by atoms with Gasteiger partial charge in [-0.25, -0.2) is 28.1 Å². The minimum atomic E-state index is -1.42. The summed E-state index contributed by atoms with van der Waals surface area (Å²) in [5.41, 5.74) is -0.475. The fraction of sp³-hybridized carbons (Fsp3) is 0.467. The van der Waals surface area contributed by atoms with E-state index in [9.17, 15) is 28.3 Å². The first-order valence-corrected chi connectivity index (χ1v) is 14.2. The molecule has 3 heterocycles. The Morgan fingerprint density at radius 1 is 1.14 bits per heavy atom. The van der Waals surface area contributed by atoms with Gasteiger partial charge in [0, 0.05) is 25.9 Å². The number of esters is 1. The number of nitrogens with one attached hydrogen (secondary N) is 2. The number of pyridine rings is 1. The lowest BCUT2D eigenvalue weighted by atomic mass is 9.79. The average Bonchev–Trinajstić information content (AvgIpc) is 3.46. The van der Waals surface area contributed by atoms with E-state index in [1.807, 2.05) is 12.1 Å². The monoisotopic (exact) mass is 599 g/mol. The van der Waals surface area contributed by atoms with Crippen molar-refractivity contribution in [1.29, 1.82) is 0 Å². The van der Waals surface area contributed by atoms with Gasteiger partial charge in [-0.3, -0.25) is 9.88 Å². The standard InChI is InChI=1S/C30H35F2N5O6/c1-42-17-22-25(27(38)43-2)26(18-8-9-20(31)21(32)16-18)37(28(39)34-22)29(40)35-24-7-5-15-36(24)19-10-12-30(41,13-11-19)23-6-3-4-14-33-23/h3-4,6,8-9,14,16,19,24,26,41H,5,7,10-13,15,17H2,1-2H3,(H,34,39)(H,35,40)/t19?,24?,26-,30?/m0/s1. The molecule has 230 valence electrons. The van der Waals surface area contributed by atoms with Gasteiger partial charge in [0.15, 0.2) is 11.6 Å². The van der Waals surface area contributed by atoms with Gasteiger partial charge < -0.3 is 25.2 Å². The Labute approximate surface area is 247 Å². The van der Waals surface area contributed by atoms with Crippen LogP contribution in [0.3, 0.4) is 0 Å². The summed E-state index contributed by atoms with van der Waals surface area (Å²) in [6.45, 7) is 0.510. The Morgan fingerprint density at radius 2 is 1.91 bits per heavy atom. The Balaban J connectivity index is 1.39. The number of hydrogen-bond acceptors (Lipinski definition) is 8. The van der Waals surface area contributed by atoms with E-state index in [1.165, 1.54) is 13.2 Å². The molecular formula is C30H35F2N5O6. The first kappa shape index (κ1) is 30.5. The zero-order valence-corrected chi connectivity index (χ0v) is 24.0. The van der Waals surface area contributed by atoms with Crippen molar-refractivity contribution in [2.45, 2.75) is 62.4 Å². The van der Waals surface area contributed by atoms with Crippen LogP contribution < -0.4 is 10.6 Å². The largest absolute Gasteiger partial charge is 0.466 e. The Hall–Kier alpha value is -3.94. The van der Waals surface area contributed by atoms with Crippen molar-refractivity contribution in [1.82, 2.24) is 25.4 Å². The molecule has 1 saturated heterocycles. The van der Waals surface area contributed by atoms with Crippen LogP contribution in [0, 0.1) is 11.6 Å². The molecule has 5 rings (SSSR count). The highest BCUT2D eigenvalue weighted by atomic mass is 19.2. The van der Waals surface area contributed by atoms with Gasteiger partial charge in [0.25, 0.3) is 0 Å². The van der Waals surface area contributed by atoms with Gasteiger partial charge in [-0.15, -0.1) is 0 Å². The number of carbonyl (C=O) groups excluding carboxylic acids is 3. The van der Waals surface area contributed by atoms with E-state index < -0.39 is 47.5 Å². The number of halogens is 2. The van der Waals surface area contributed by atoms with Crippen molar-refractivity contribution in [3.8, 4) is 0 Å². The minimum Gasteiger partial charge on any atom is -0.466 e. The van der Waals surface area contributed by atoms with Crippen molar-refractivity contribution >= 4 is 18.0 Å². The van der Waals surface area contributed by atoms with E-state index in [0.717, 1.165) is 30.6 Å². The highest BCUT2D eigenvalue weighted by Gasteiger charge is 2.45. The molecule has 43 heavy (non-hydrogen) atoms. The molecule has 3 N–H and O–H groups in total. The lowest BCUT2D eigenvalue weighted by Gasteiger charge is -2.42. The third-order valence-corrected chi connectivity index (χ3v) is 8.48. The van der Waals surface area contributed by atoms with E-state index in [1.54, 1.807) is 12.3 Å². The van der Waals surface area contributed by atoms with Crippen LogP contribution in [0.4, 0.5) is 18.4 Å². The van der Waals surface area contributed by atoms with Crippen molar-refractivity contribution in [3.05, 3.63) is 76.8 Å². The Kier molecular flexibility index (Phi) is 9.04. The van der Waals surface area contributed by atoms with Crippen LogP contribution in [0.25, 0.3) is 0 Å². The molecule has 3 aliphatic rings. The summed E-state index contributed by atoms with van der Waals surface area (Å²) in [5.74, 6) is -3.19. The molecule has 0 bridgehead atoms. The molecule has 13 heteroatoms. The van der Waals surface area contributed by atoms with Crippen LogP contribution in [0.1, 0.15) is 55.8 Å². The number of urea groups is 2. The average molecular weight is 600 g/mol. The number of rotatable bonds is 7. The van der Waals surface area contributed by atoms with Crippen LogP contribution in [0.2, 0.25) is 0 Å². The number of ether oxygens (including phenoxy) is 2. The molecule has 4 amide bonds. The molecule has 2 fully saturated rings. The maximum Gasteiger partial charge on any atom is 0.338 e. The number of amides is 4. The van der Waals surface area contributed by atoms with Crippen molar-refractivity contribution in [2.75, 3.05) is 27.4 Å². The highest BCUT2D eigenvalue weighted by molar-refractivity contribution is 6.01. The second kappa shape index (κ2) is 12.7. The molecule has 1 aromatic heterocycles. The van der Waals surface area contributed by atoms with E-state index >= 15 is 0 Å². The van der Waals surface area contributed by atoms with Gasteiger partial charge in [-0.05, 0) is 68.4 Å². The zero-order valence-electron chi connectivity index (χ0n) is 24.0. The summed E-state index contributed by atoms with van der Waals surface area (Å²) in [6.07, 6.45) is 5.02. The van der Waals surface area contributed by atoms with Crippen LogP contribution >= 0.6 is 0 Å². The van der Waals surface area contributed by atoms with Crippen LogP contribution in [0.15, 0.2) is 53.9 Å². The molecular weight excluding hydrogens is 564 g/mol. The SMILES string of the molecule is COCC1=C(C(=O)OC)[C@H](c2ccc(F)c(F)c2)N(C(=O)NC2CCCN2C2CCC(O)(c3ccccn3)CC2)C(=O)N1. The lowest BCUT2D eigenvalue weighted by molar-refractivity contribution is -0.137. The van der Waals surface area contributed by atoms with E-state index in [2.05, 4.69) is 20.5 Å². The number of hydrogen-bond donors (Lipinski definition) is 3. The predicted molar refractivity (Wildman–Crippen MR) is 149 cm³/mol. The van der Waals surface area contributed by atoms with E-state index in [-0.39, 0.29) is 29.5 Å². The Morgan fingerprint density at radius 3 is 2.56 bits per heavy atom. The maximum absolute atomic E-state index is 14.4. The van der Waals surface area contributed by atoms with Gasteiger partial charge in [0.05, 0.1) is 36.8 Å². The van der Waals surface area contributed by atoms with Crippen molar-refractivity contribution in [2.24, 2.45) is 0 Å². The number of carbonyl (C=O) groups is 3. The molecule has 0 radical (unpaired) electrons. The number of aliphatic hydroxyl groups is 1. The zero-order chi connectivity index (χ0) is 30.7. The lowest BCUT2D eigenvalue weighted by Crippen LogP contribution is -2.59. The fourth-order valence-electron chi connectivity index (χ4n) is 6.38. The molecule has 1 aromatic carbocycles. The van der Waals surface area contributed by atoms with Crippen LogP contribution in [-0.2, 0) is 19.9 Å². The number of likely N-dealkylation sites (tertiary alicyclic amines) is 1. The molecule has 1 aliphatic carbocycles. The molecule has 1 unspecified atom stereocenters. The predicted octanol–water partition coefficient (Wildman–Crippen LogP) is 3.46. The first-order valence-electron chi connectivity index (χ1n) is 14.2. The van der Waals surface area contributed by atoms with Crippen LogP contribution in [-0.4, -0.2) is 77.5 Å². The normalized spacial score (nSPS) is 26.3. The van der Waals surface area contributed by atoms with Gasteiger partial charge in [-0.2, -0.15) is 0 Å². The van der Waals surface area contributed by atoms with E-state index in [4.69, 9.17) is 9.47 Å². The minimum absolute atomic E-state index is 0.00210. The number of aromatic nitrogens is 1. The summed E-state index contributed by atoms with van der Waals surface area (Å²) >= 11 is 0. The van der Waals surface area contributed by atoms with Crippen LogP contribution in [0.5, 0.6) is 0 Å². The maximum atomic E-state index is 14.4. The molecule has 0 spiro atoms. The van der Waals surface area contributed by atoms with Gasteiger partial charge in [0.2, 0.25) is 0 Å². The molecule has 1 saturated carbocycles. The Bertz CT molecular complexity index is 1400. The topological polar surface area (TPSA) is 133 Å². The smallest absolute Gasteiger partial charge is 0.338 e. The molecule has 2 aromatic rings. The number of imide groups is 1. The van der Waals surface area contributed by atoms with E-state index in [0.29, 0.717) is 44.3 Å². The number of benzene rings is 1. The van der Waals surface area contributed by atoms with Gasteiger partial charge in [-0.1, -0.05) is 12.1 Å². The second-order valence-corrected chi connectivity index (χ2v) is 11.0. The quantitative estimate of drug-likeness (QED) is 0.412. The van der Waals surface area contributed by atoms with Gasteiger partial charge in [0.1, 0.15) is 11.6 Å². The van der Waals surface area contributed by atoms with Crippen molar-refractivity contribution < 1.29 is 37.7 Å². The number of nitrogens with zero attached hydrogens (tertiary/aromatic N) is 3. The van der Waals surface area contributed by atoms with Gasteiger partial charge >= 0.3 is 18.0 Å². The third kappa shape index (κ3) is 6.10. The van der Waals surface area contributed by atoms with Crippen molar-refractivity contribution in [3.63, 3.8) is 0 Å². The summed E-state index contributed by atoms with van der Waals surface area (Å²) < 4.78 is 38.3. The first-order chi connectivity index (χ1) is 20.7. The summed E-state index contributed by atoms with van der Waals surface area (Å²) in [5, 5.41) is 16.7. The fourth-order valence-corrected chi connectivity index (χ4v) is 6.38. The molecule has 2 aliphatic heterocycles.